The quantitative estimate of drug-likeness (QED) is 0.656. The summed E-state index contributed by atoms with van der Waals surface area (Å²) in [6.45, 7) is 0. The van der Waals surface area contributed by atoms with Gasteiger partial charge in [0.2, 0.25) is 0 Å². The molecule has 0 bridgehead atoms. The van der Waals surface area contributed by atoms with Gasteiger partial charge in [0.05, 0.1) is 4.47 Å². The van der Waals surface area contributed by atoms with Crippen LogP contribution in [-0.4, -0.2) is 0 Å². The van der Waals surface area contributed by atoms with Crippen LogP contribution in [0.15, 0.2) is 39.3 Å². The van der Waals surface area contributed by atoms with Crippen molar-refractivity contribution in [2.75, 3.05) is 0 Å². The van der Waals surface area contributed by atoms with Crippen LogP contribution in [0.2, 0.25) is 5.02 Å². The maximum atomic E-state index is 13.9. The highest BCUT2D eigenvalue weighted by Gasteiger charge is 2.17. The third-order valence-electron chi connectivity index (χ3n) is 2.88. The number of hydrogen-bond donors (Lipinski definition) is 1. The molecule has 0 spiro atoms. The van der Waals surface area contributed by atoms with Crippen molar-refractivity contribution in [1.29, 1.82) is 0 Å². The van der Waals surface area contributed by atoms with Crippen LogP contribution in [-0.2, 0) is 6.42 Å². The van der Waals surface area contributed by atoms with E-state index < -0.39 is 17.7 Å². The van der Waals surface area contributed by atoms with Gasteiger partial charge in [0.1, 0.15) is 11.6 Å². The molecule has 2 aromatic rings. The second-order valence-corrected chi connectivity index (χ2v) is 6.54. The summed E-state index contributed by atoms with van der Waals surface area (Å²) in [5, 5.41) is 0.514. The first-order valence-corrected chi connectivity index (χ1v) is 7.69. The molecule has 0 radical (unpaired) electrons. The van der Waals surface area contributed by atoms with Crippen molar-refractivity contribution in [2.45, 2.75) is 12.5 Å². The van der Waals surface area contributed by atoms with E-state index in [9.17, 15) is 8.78 Å². The normalized spacial score (nSPS) is 12.5. The Labute approximate surface area is 137 Å². The summed E-state index contributed by atoms with van der Waals surface area (Å²) in [4.78, 5) is 0. The second-order valence-electron chi connectivity index (χ2n) is 4.34. The fourth-order valence-electron chi connectivity index (χ4n) is 1.88. The van der Waals surface area contributed by atoms with Gasteiger partial charge in [-0.2, -0.15) is 0 Å². The third-order valence-corrected chi connectivity index (χ3v) is 4.16. The van der Waals surface area contributed by atoms with Crippen molar-refractivity contribution in [3.05, 3.63) is 67.1 Å². The lowest BCUT2D eigenvalue weighted by Crippen LogP contribution is -2.15. The minimum absolute atomic E-state index is 0.0389. The number of benzene rings is 2. The molecular weight excluding hydrogens is 415 g/mol. The summed E-state index contributed by atoms with van der Waals surface area (Å²) in [6.07, 6.45) is 0.0455. The molecule has 0 heterocycles. The van der Waals surface area contributed by atoms with E-state index in [0.717, 1.165) is 4.47 Å². The molecule has 2 aromatic carbocycles. The lowest BCUT2D eigenvalue weighted by molar-refractivity contribution is 0.536. The van der Waals surface area contributed by atoms with Gasteiger partial charge in [-0.1, -0.05) is 27.5 Å². The Balaban J connectivity index is 2.32. The summed E-state index contributed by atoms with van der Waals surface area (Å²) in [5.74, 6) is -1.23. The van der Waals surface area contributed by atoms with Gasteiger partial charge >= 0.3 is 0 Å². The Morgan fingerprint density at radius 1 is 1.15 bits per heavy atom. The van der Waals surface area contributed by atoms with Crippen molar-refractivity contribution < 1.29 is 8.78 Å². The third kappa shape index (κ3) is 3.58. The van der Waals surface area contributed by atoms with Crippen LogP contribution in [0.5, 0.6) is 0 Å². The molecule has 20 heavy (non-hydrogen) atoms. The zero-order valence-corrected chi connectivity index (χ0v) is 14.1. The standard InChI is InChI=1S/C14H10Br2ClF2N/c15-8-3-7(4-9(17)5-8)13(20)6-10-12(18)2-1-11(16)14(10)19/h1-5,13H,6,20H2. The topological polar surface area (TPSA) is 26.0 Å². The molecule has 2 rings (SSSR count). The van der Waals surface area contributed by atoms with Gasteiger partial charge < -0.3 is 5.73 Å². The first-order chi connectivity index (χ1) is 9.38. The number of hydrogen-bond acceptors (Lipinski definition) is 1. The lowest BCUT2D eigenvalue weighted by Gasteiger charge is -2.15. The highest BCUT2D eigenvalue weighted by atomic mass is 79.9. The fraction of sp³-hybridized carbons (Fsp3) is 0.143. The van der Waals surface area contributed by atoms with Gasteiger partial charge in [0.15, 0.2) is 0 Å². The van der Waals surface area contributed by atoms with Gasteiger partial charge in [-0.25, -0.2) is 8.78 Å². The Kier molecular flexibility index (Phi) is 5.18. The predicted octanol–water partition coefficient (Wildman–Crippen LogP) is 5.39. The summed E-state index contributed by atoms with van der Waals surface area (Å²) >= 11 is 12.3. The van der Waals surface area contributed by atoms with E-state index >= 15 is 0 Å². The lowest BCUT2D eigenvalue weighted by atomic mass is 9.99. The van der Waals surface area contributed by atoms with E-state index in [1.54, 1.807) is 18.2 Å². The molecule has 1 unspecified atom stereocenters. The molecule has 0 aliphatic rings. The summed E-state index contributed by atoms with van der Waals surface area (Å²) in [7, 11) is 0. The van der Waals surface area contributed by atoms with E-state index in [-0.39, 0.29) is 16.5 Å². The number of halogens is 5. The van der Waals surface area contributed by atoms with Crippen LogP contribution in [0.3, 0.4) is 0 Å². The summed E-state index contributed by atoms with van der Waals surface area (Å²) in [5.41, 5.74) is 6.70. The second kappa shape index (κ2) is 6.52. The van der Waals surface area contributed by atoms with E-state index in [2.05, 4.69) is 31.9 Å². The minimum Gasteiger partial charge on any atom is -0.324 e. The van der Waals surface area contributed by atoms with Crippen molar-refractivity contribution in [3.63, 3.8) is 0 Å². The summed E-state index contributed by atoms with van der Waals surface area (Å²) < 4.78 is 28.6. The van der Waals surface area contributed by atoms with Gasteiger partial charge in [-0.15, -0.1) is 0 Å². The minimum atomic E-state index is -0.624. The van der Waals surface area contributed by atoms with Crippen LogP contribution < -0.4 is 5.73 Å². The van der Waals surface area contributed by atoms with Crippen molar-refractivity contribution in [1.82, 2.24) is 0 Å². The molecule has 1 nitrogen and oxygen atoms in total. The van der Waals surface area contributed by atoms with E-state index in [1.807, 2.05) is 0 Å². The van der Waals surface area contributed by atoms with E-state index in [1.165, 1.54) is 12.1 Å². The van der Waals surface area contributed by atoms with Crippen LogP contribution in [0, 0.1) is 11.6 Å². The molecule has 0 saturated carbocycles. The van der Waals surface area contributed by atoms with E-state index in [0.29, 0.717) is 10.6 Å². The van der Waals surface area contributed by atoms with Crippen LogP contribution >= 0.6 is 43.5 Å². The molecule has 0 aliphatic carbocycles. The molecular formula is C14H10Br2ClF2N. The first kappa shape index (κ1) is 15.9. The molecule has 0 aliphatic heterocycles. The van der Waals surface area contributed by atoms with Crippen molar-refractivity contribution in [2.24, 2.45) is 5.73 Å². The monoisotopic (exact) mass is 423 g/mol. The van der Waals surface area contributed by atoms with Gasteiger partial charge in [-0.05, 0) is 58.2 Å². The maximum absolute atomic E-state index is 13.9. The molecule has 106 valence electrons. The molecule has 0 saturated heterocycles. The fourth-order valence-corrected chi connectivity index (χ4v) is 3.14. The largest absolute Gasteiger partial charge is 0.324 e. The Morgan fingerprint density at radius 2 is 1.85 bits per heavy atom. The first-order valence-electron chi connectivity index (χ1n) is 5.72. The zero-order chi connectivity index (χ0) is 14.9. The van der Waals surface area contributed by atoms with Gasteiger partial charge in [0, 0.05) is 21.1 Å². The summed E-state index contributed by atoms with van der Waals surface area (Å²) in [6, 6.07) is 7.18. The molecule has 0 amide bonds. The Bertz CT molecular complexity index is 629. The maximum Gasteiger partial charge on any atom is 0.143 e. The van der Waals surface area contributed by atoms with Crippen LogP contribution in [0.4, 0.5) is 8.78 Å². The zero-order valence-electron chi connectivity index (χ0n) is 10.1. The van der Waals surface area contributed by atoms with Crippen molar-refractivity contribution >= 4 is 43.5 Å². The van der Waals surface area contributed by atoms with Crippen molar-refractivity contribution in [3.8, 4) is 0 Å². The highest BCUT2D eigenvalue weighted by molar-refractivity contribution is 9.10. The molecule has 0 fully saturated rings. The molecule has 2 N–H and O–H groups in total. The SMILES string of the molecule is NC(Cc1c(F)ccc(Br)c1F)c1cc(Cl)cc(Br)c1. The highest BCUT2D eigenvalue weighted by Crippen LogP contribution is 2.28. The van der Waals surface area contributed by atoms with Gasteiger partial charge in [-0.3, -0.25) is 0 Å². The predicted molar refractivity (Wildman–Crippen MR) is 83.8 cm³/mol. The average molecular weight is 425 g/mol. The molecule has 0 aromatic heterocycles. The Morgan fingerprint density at radius 3 is 2.50 bits per heavy atom. The molecule has 1 atom stereocenters. The smallest absolute Gasteiger partial charge is 0.143 e. The average Bonchev–Trinajstić information content (AvgIpc) is 2.38. The van der Waals surface area contributed by atoms with Crippen LogP contribution in [0.25, 0.3) is 0 Å². The Hall–Kier alpha value is -0.490. The number of rotatable bonds is 3. The molecule has 6 heteroatoms. The van der Waals surface area contributed by atoms with Gasteiger partial charge in [0.25, 0.3) is 0 Å². The van der Waals surface area contributed by atoms with E-state index in [4.69, 9.17) is 17.3 Å². The number of nitrogens with two attached hydrogens (primary N) is 1. The van der Waals surface area contributed by atoms with Crippen LogP contribution in [0.1, 0.15) is 17.2 Å².